The summed E-state index contributed by atoms with van der Waals surface area (Å²) >= 11 is 0. The van der Waals surface area contributed by atoms with Gasteiger partial charge in [0.25, 0.3) is 0 Å². The molecule has 0 spiro atoms. The Morgan fingerprint density at radius 2 is 1.75 bits per heavy atom. The van der Waals surface area contributed by atoms with Crippen LogP contribution in [0.2, 0.25) is 0 Å². The summed E-state index contributed by atoms with van der Waals surface area (Å²) in [6.07, 6.45) is 3.70. The van der Waals surface area contributed by atoms with Gasteiger partial charge >= 0.3 is 6.16 Å². The highest BCUT2D eigenvalue weighted by Crippen LogP contribution is 2.05. The average Bonchev–Trinajstić information content (AvgIpc) is 2.20. The van der Waals surface area contributed by atoms with Crippen LogP contribution in [0.15, 0.2) is 0 Å². The zero-order valence-corrected chi connectivity index (χ0v) is 10.2. The Hall–Kier alpha value is -0.810. The second kappa shape index (κ2) is 14.2. The van der Waals surface area contributed by atoms with Crippen LogP contribution in [0.4, 0.5) is 4.79 Å². The second-order valence-electron chi connectivity index (χ2n) is 3.45. The normalized spacial score (nSPS) is 11.4. The van der Waals surface area contributed by atoms with Crippen molar-refractivity contribution in [1.82, 2.24) is 0 Å². The summed E-state index contributed by atoms with van der Waals surface area (Å²) in [7, 11) is 0. The maximum absolute atomic E-state index is 9.35. The second-order valence-corrected chi connectivity index (χ2v) is 3.45. The van der Waals surface area contributed by atoms with E-state index in [0.29, 0.717) is 13.2 Å². The third kappa shape index (κ3) is 23.2. The Morgan fingerprint density at radius 1 is 1.19 bits per heavy atom. The topological polar surface area (TPSA) is 87.0 Å². The molecular formula is C11H24O5. The van der Waals surface area contributed by atoms with Crippen molar-refractivity contribution in [3.05, 3.63) is 0 Å². The molecule has 0 saturated heterocycles. The minimum Gasteiger partial charge on any atom is -0.450 e. The number of carboxylic acid groups (broad SMARTS) is 2. The molecule has 98 valence electrons. The highest BCUT2D eigenvalue weighted by molar-refractivity contribution is 5.53. The largest absolute Gasteiger partial charge is 0.503 e. The first-order valence-corrected chi connectivity index (χ1v) is 5.72. The van der Waals surface area contributed by atoms with Gasteiger partial charge in [0.15, 0.2) is 0 Å². The van der Waals surface area contributed by atoms with Crippen LogP contribution in [0.1, 0.15) is 46.0 Å². The lowest BCUT2D eigenvalue weighted by molar-refractivity contribution is 0.0368. The Kier molecular flexibility index (Phi) is 15.6. The summed E-state index contributed by atoms with van der Waals surface area (Å²) in [5.74, 6) is 0. The molecule has 0 radical (unpaired) electrons. The van der Waals surface area contributed by atoms with E-state index in [1.807, 2.05) is 6.92 Å². The molecule has 0 rings (SSSR count). The van der Waals surface area contributed by atoms with Crippen LogP contribution in [0.3, 0.4) is 0 Å². The lowest BCUT2D eigenvalue weighted by Crippen LogP contribution is -2.14. The van der Waals surface area contributed by atoms with Gasteiger partial charge in [0.1, 0.15) is 0 Å². The average molecular weight is 236 g/mol. The number of rotatable bonds is 8. The molecule has 0 aliphatic rings. The third-order valence-electron chi connectivity index (χ3n) is 1.91. The van der Waals surface area contributed by atoms with E-state index in [-0.39, 0.29) is 6.10 Å². The van der Waals surface area contributed by atoms with Gasteiger partial charge in [0.2, 0.25) is 0 Å². The van der Waals surface area contributed by atoms with Crippen molar-refractivity contribution in [2.24, 2.45) is 0 Å². The number of hydrogen-bond donors (Lipinski definition) is 3. The standard InChI is InChI=1S/C10H22O2.CH2O3/c1-3-5-6-7-8-10(11)9-12-4-2;2-1(3)4/h10-11H,3-9H2,1-2H3;(H2,2,3,4). The van der Waals surface area contributed by atoms with E-state index in [4.69, 9.17) is 19.7 Å². The number of ether oxygens (including phenoxy) is 1. The number of aliphatic hydroxyl groups excluding tert-OH is 1. The first-order valence-electron chi connectivity index (χ1n) is 5.72. The summed E-state index contributed by atoms with van der Waals surface area (Å²) < 4.78 is 5.10. The van der Waals surface area contributed by atoms with Crippen LogP contribution >= 0.6 is 0 Å². The molecule has 0 aliphatic heterocycles. The smallest absolute Gasteiger partial charge is 0.450 e. The number of aliphatic hydroxyl groups is 1. The molecule has 1 unspecified atom stereocenters. The lowest BCUT2D eigenvalue weighted by atomic mass is 10.1. The summed E-state index contributed by atoms with van der Waals surface area (Å²) in [5, 5.41) is 23.3. The van der Waals surface area contributed by atoms with Crippen LogP contribution in [-0.4, -0.2) is 40.8 Å². The van der Waals surface area contributed by atoms with E-state index in [1.165, 1.54) is 19.3 Å². The highest BCUT2D eigenvalue weighted by atomic mass is 16.6. The van der Waals surface area contributed by atoms with E-state index < -0.39 is 6.16 Å². The van der Waals surface area contributed by atoms with Gasteiger partial charge in [-0.2, -0.15) is 0 Å². The minimum absolute atomic E-state index is 0.248. The third-order valence-corrected chi connectivity index (χ3v) is 1.91. The summed E-state index contributed by atoms with van der Waals surface area (Å²) in [4.78, 5) is 8.56. The first kappa shape index (κ1) is 17.6. The molecule has 0 amide bonds. The van der Waals surface area contributed by atoms with E-state index in [2.05, 4.69) is 6.92 Å². The van der Waals surface area contributed by atoms with E-state index >= 15 is 0 Å². The lowest BCUT2D eigenvalue weighted by Gasteiger charge is -2.09. The molecule has 0 saturated carbocycles. The fourth-order valence-electron chi connectivity index (χ4n) is 1.14. The molecule has 0 aromatic carbocycles. The molecule has 5 heteroatoms. The Bertz CT molecular complexity index is 145. The van der Waals surface area contributed by atoms with Crippen molar-refractivity contribution in [1.29, 1.82) is 0 Å². The molecule has 0 aliphatic carbocycles. The fourth-order valence-corrected chi connectivity index (χ4v) is 1.14. The van der Waals surface area contributed by atoms with Gasteiger partial charge in [-0.25, -0.2) is 4.79 Å². The van der Waals surface area contributed by atoms with Gasteiger partial charge in [-0.3, -0.25) is 0 Å². The monoisotopic (exact) mass is 236 g/mol. The van der Waals surface area contributed by atoms with Crippen LogP contribution < -0.4 is 0 Å². The van der Waals surface area contributed by atoms with E-state index in [0.717, 1.165) is 12.8 Å². The van der Waals surface area contributed by atoms with Crippen LogP contribution in [-0.2, 0) is 4.74 Å². The van der Waals surface area contributed by atoms with Crippen LogP contribution in [0.25, 0.3) is 0 Å². The molecule has 0 aromatic heterocycles. The Labute approximate surface area is 97.1 Å². The minimum atomic E-state index is -1.83. The highest BCUT2D eigenvalue weighted by Gasteiger charge is 2.02. The van der Waals surface area contributed by atoms with Gasteiger partial charge in [0, 0.05) is 6.61 Å². The summed E-state index contributed by atoms with van der Waals surface area (Å²) in [6, 6.07) is 0. The van der Waals surface area contributed by atoms with Crippen molar-refractivity contribution in [3.8, 4) is 0 Å². The van der Waals surface area contributed by atoms with E-state index in [1.54, 1.807) is 0 Å². The molecule has 3 N–H and O–H groups in total. The molecular weight excluding hydrogens is 212 g/mol. The van der Waals surface area contributed by atoms with Gasteiger partial charge < -0.3 is 20.1 Å². The van der Waals surface area contributed by atoms with Crippen molar-refractivity contribution >= 4 is 6.16 Å². The molecule has 0 fully saturated rings. The molecule has 0 aromatic rings. The predicted molar refractivity (Wildman–Crippen MR) is 61.9 cm³/mol. The van der Waals surface area contributed by atoms with Gasteiger partial charge in [-0.05, 0) is 13.3 Å². The van der Waals surface area contributed by atoms with Crippen molar-refractivity contribution in [3.63, 3.8) is 0 Å². The maximum Gasteiger partial charge on any atom is 0.503 e. The van der Waals surface area contributed by atoms with Crippen LogP contribution in [0.5, 0.6) is 0 Å². The SMILES string of the molecule is CCCCCCC(O)COCC.O=C(O)O. The predicted octanol–water partition coefficient (Wildman–Crippen LogP) is 2.58. The van der Waals surface area contributed by atoms with Gasteiger partial charge in [-0.15, -0.1) is 0 Å². The molecule has 5 nitrogen and oxygen atoms in total. The zero-order chi connectivity index (χ0) is 12.8. The Balaban J connectivity index is 0. The number of hydrogen-bond acceptors (Lipinski definition) is 3. The van der Waals surface area contributed by atoms with Gasteiger partial charge in [0.05, 0.1) is 12.7 Å². The zero-order valence-electron chi connectivity index (χ0n) is 10.2. The number of unbranched alkanes of at least 4 members (excludes halogenated alkanes) is 3. The van der Waals surface area contributed by atoms with Crippen molar-refractivity contribution < 1.29 is 24.9 Å². The first-order chi connectivity index (χ1) is 7.54. The molecule has 0 heterocycles. The molecule has 1 atom stereocenters. The summed E-state index contributed by atoms with van der Waals surface area (Å²) in [5.41, 5.74) is 0. The molecule has 16 heavy (non-hydrogen) atoms. The van der Waals surface area contributed by atoms with E-state index in [9.17, 15) is 5.11 Å². The summed E-state index contributed by atoms with van der Waals surface area (Å²) in [6.45, 7) is 5.34. The van der Waals surface area contributed by atoms with Crippen molar-refractivity contribution in [2.45, 2.75) is 52.1 Å². The fraction of sp³-hybridized carbons (Fsp3) is 0.909. The maximum atomic E-state index is 9.35. The van der Waals surface area contributed by atoms with Crippen LogP contribution in [0, 0.1) is 0 Å². The quantitative estimate of drug-likeness (QED) is 0.564. The molecule has 0 bridgehead atoms. The number of carbonyl (C=O) groups is 1. The Morgan fingerprint density at radius 3 is 2.19 bits per heavy atom. The van der Waals surface area contributed by atoms with Gasteiger partial charge in [-0.1, -0.05) is 32.6 Å². The van der Waals surface area contributed by atoms with Crippen molar-refractivity contribution in [2.75, 3.05) is 13.2 Å².